The first-order chi connectivity index (χ1) is 17.2. The van der Waals surface area contributed by atoms with Gasteiger partial charge in [0.05, 0.1) is 6.04 Å². The molecule has 1 aromatic carbocycles. The lowest BCUT2D eigenvalue weighted by molar-refractivity contribution is -0.143. The molecule has 36 heavy (non-hydrogen) atoms. The zero-order valence-corrected chi connectivity index (χ0v) is 21.3. The van der Waals surface area contributed by atoms with Crippen molar-refractivity contribution in [1.82, 2.24) is 20.5 Å². The van der Waals surface area contributed by atoms with E-state index in [-0.39, 0.29) is 40.9 Å². The normalized spacial score (nSPS) is 26.6. The second-order valence-corrected chi connectivity index (χ2v) is 11.4. The summed E-state index contributed by atoms with van der Waals surface area (Å²) >= 11 is 0. The van der Waals surface area contributed by atoms with E-state index < -0.39 is 18.1 Å². The number of H-pyrrole nitrogens is 1. The lowest BCUT2D eigenvalue weighted by Crippen LogP contribution is -2.58. The summed E-state index contributed by atoms with van der Waals surface area (Å²) in [6, 6.07) is 7.55. The summed E-state index contributed by atoms with van der Waals surface area (Å²) in [5.41, 5.74) is 1.26. The molecule has 2 aliphatic carbocycles. The zero-order chi connectivity index (χ0) is 25.6. The van der Waals surface area contributed by atoms with Gasteiger partial charge in [0.25, 0.3) is 5.91 Å². The first-order valence-corrected chi connectivity index (χ1v) is 13.2. The van der Waals surface area contributed by atoms with Gasteiger partial charge < -0.3 is 25.3 Å². The Balaban J connectivity index is 1.40. The monoisotopic (exact) mass is 492 g/mol. The Kier molecular flexibility index (Phi) is 6.39. The van der Waals surface area contributed by atoms with E-state index in [4.69, 9.17) is 0 Å². The molecule has 192 valence electrons. The summed E-state index contributed by atoms with van der Waals surface area (Å²) < 4.78 is 0. The van der Waals surface area contributed by atoms with Crippen LogP contribution in [0.25, 0.3) is 10.9 Å². The molecule has 2 saturated carbocycles. The van der Waals surface area contributed by atoms with Crippen LogP contribution in [0.15, 0.2) is 30.3 Å². The quantitative estimate of drug-likeness (QED) is 0.516. The average molecular weight is 493 g/mol. The third-order valence-electron chi connectivity index (χ3n) is 8.78. The van der Waals surface area contributed by atoms with Crippen LogP contribution >= 0.6 is 0 Å². The fourth-order valence-electron chi connectivity index (χ4n) is 6.60. The summed E-state index contributed by atoms with van der Waals surface area (Å²) in [5.74, 6) is -0.465. The van der Waals surface area contributed by atoms with Gasteiger partial charge in [0.2, 0.25) is 11.8 Å². The van der Waals surface area contributed by atoms with Crippen LogP contribution < -0.4 is 10.6 Å². The van der Waals surface area contributed by atoms with Gasteiger partial charge in [-0.3, -0.25) is 14.4 Å². The number of aldehydes is 1. The minimum Gasteiger partial charge on any atom is -0.351 e. The molecule has 8 nitrogen and oxygen atoms in total. The maximum absolute atomic E-state index is 14.1. The van der Waals surface area contributed by atoms with E-state index in [1.165, 1.54) is 0 Å². The van der Waals surface area contributed by atoms with Crippen molar-refractivity contribution in [1.29, 1.82) is 0 Å². The number of nitrogens with one attached hydrogen (secondary N) is 3. The number of benzene rings is 1. The number of aromatic nitrogens is 1. The van der Waals surface area contributed by atoms with Gasteiger partial charge in [-0.15, -0.1) is 0 Å². The number of fused-ring (bicyclic) bond motifs is 2. The van der Waals surface area contributed by atoms with Crippen LogP contribution in [0.5, 0.6) is 0 Å². The number of hydrogen-bond acceptors (Lipinski definition) is 4. The molecule has 1 aliphatic heterocycles. The van der Waals surface area contributed by atoms with E-state index in [1.807, 2.05) is 24.3 Å². The molecule has 0 bridgehead atoms. The molecule has 2 heterocycles. The van der Waals surface area contributed by atoms with Crippen LogP contribution in [0.1, 0.15) is 63.4 Å². The molecule has 0 unspecified atom stereocenters. The fourth-order valence-corrected chi connectivity index (χ4v) is 6.60. The van der Waals surface area contributed by atoms with Gasteiger partial charge in [-0.05, 0) is 55.1 Å². The van der Waals surface area contributed by atoms with Gasteiger partial charge in [-0.25, -0.2) is 0 Å². The SMILES string of the molecule is C[C@@H](C=O)NC(=O)[C@@H]1[C@@H]2[C@H](CN1C(=O)[C@@H](NC(=O)c1cc3ccccc3[nH]1)C1CCCCC1)C2(C)C. The number of carbonyl (C=O) groups excluding carboxylic acids is 4. The van der Waals surface area contributed by atoms with Crippen molar-refractivity contribution in [3.8, 4) is 0 Å². The van der Waals surface area contributed by atoms with Gasteiger partial charge in [0, 0.05) is 17.4 Å². The van der Waals surface area contributed by atoms with Crippen molar-refractivity contribution < 1.29 is 19.2 Å². The molecule has 3 amide bonds. The molecular formula is C28H36N4O4. The summed E-state index contributed by atoms with van der Waals surface area (Å²) in [6.07, 6.45) is 5.61. The number of aromatic amines is 1. The Bertz CT molecular complexity index is 1150. The van der Waals surface area contributed by atoms with Crippen LogP contribution in [-0.4, -0.2) is 58.6 Å². The first-order valence-electron chi connectivity index (χ1n) is 13.2. The number of carbonyl (C=O) groups is 4. The molecule has 3 N–H and O–H groups in total. The van der Waals surface area contributed by atoms with E-state index in [9.17, 15) is 19.2 Å². The Morgan fingerprint density at radius 3 is 2.53 bits per heavy atom. The standard InChI is InChI=1S/C28H36N4O4/c1-16(15-33)29-26(35)24-22-19(28(22,2)3)14-32(24)27(36)23(17-9-5-4-6-10-17)31-25(34)21-13-18-11-7-8-12-20(18)30-21/h7-8,11-13,15-17,19,22-24,30H,4-6,9-10,14H2,1-3H3,(H,29,35)(H,31,34)/t16-,19-,22-,23-,24-/m0/s1. The fraction of sp³-hybridized carbons (Fsp3) is 0.571. The predicted molar refractivity (Wildman–Crippen MR) is 136 cm³/mol. The maximum Gasteiger partial charge on any atom is 0.268 e. The number of para-hydroxylation sites is 1. The van der Waals surface area contributed by atoms with E-state index in [1.54, 1.807) is 17.9 Å². The van der Waals surface area contributed by atoms with Crippen LogP contribution in [0.2, 0.25) is 0 Å². The third-order valence-corrected chi connectivity index (χ3v) is 8.78. The van der Waals surface area contributed by atoms with Crippen molar-refractivity contribution >= 4 is 34.9 Å². The number of hydrogen-bond donors (Lipinski definition) is 3. The molecule has 1 aromatic heterocycles. The van der Waals surface area contributed by atoms with Gasteiger partial charge in [0.1, 0.15) is 24.1 Å². The number of rotatable bonds is 7. The molecule has 0 spiro atoms. The van der Waals surface area contributed by atoms with Crippen LogP contribution in [0, 0.1) is 23.2 Å². The summed E-state index contributed by atoms with van der Waals surface area (Å²) in [5, 5.41) is 6.75. The van der Waals surface area contributed by atoms with E-state index in [0.29, 0.717) is 18.5 Å². The molecule has 5 rings (SSSR count). The summed E-state index contributed by atoms with van der Waals surface area (Å²) in [7, 11) is 0. The van der Waals surface area contributed by atoms with Crippen molar-refractivity contribution in [3.63, 3.8) is 0 Å². The molecule has 3 aliphatic rings. The largest absolute Gasteiger partial charge is 0.351 e. The van der Waals surface area contributed by atoms with E-state index >= 15 is 0 Å². The second-order valence-electron chi connectivity index (χ2n) is 11.4. The molecule has 3 fully saturated rings. The number of likely N-dealkylation sites (tertiary alicyclic amines) is 1. The maximum atomic E-state index is 14.1. The highest BCUT2D eigenvalue weighted by atomic mass is 16.2. The van der Waals surface area contributed by atoms with Crippen LogP contribution in [-0.2, 0) is 14.4 Å². The minimum atomic E-state index is -0.691. The zero-order valence-electron chi connectivity index (χ0n) is 21.3. The number of amides is 3. The van der Waals surface area contributed by atoms with Gasteiger partial charge in [0.15, 0.2) is 0 Å². The first kappa shape index (κ1) is 24.5. The molecule has 5 atom stereocenters. The lowest BCUT2D eigenvalue weighted by Gasteiger charge is -2.37. The van der Waals surface area contributed by atoms with Crippen molar-refractivity contribution in [2.45, 2.75) is 71.0 Å². The Morgan fingerprint density at radius 2 is 1.83 bits per heavy atom. The summed E-state index contributed by atoms with van der Waals surface area (Å²) in [4.78, 5) is 56.7. The smallest absolute Gasteiger partial charge is 0.268 e. The van der Waals surface area contributed by atoms with E-state index in [0.717, 1.165) is 43.0 Å². The molecule has 1 saturated heterocycles. The second kappa shape index (κ2) is 9.37. The highest BCUT2D eigenvalue weighted by Crippen LogP contribution is 2.65. The minimum absolute atomic E-state index is 0.0297. The molecule has 0 radical (unpaired) electrons. The number of piperidine rings is 1. The molecule has 8 heteroatoms. The van der Waals surface area contributed by atoms with Crippen molar-refractivity contribution in [3.05, 3.63) is 36.0 Å². The topological polar surface area (TPSA) is 111 Å². The van der Waals surface area contributed by atoms with Gasteiger partial charge in [-0.2, -0.15) is 0 Å². The third kappa shape index (κ3) is 4.31. The molecular weight excluding hydrogens is 456 g/mol. The Hall–Kier alpha value is -3.16. The summed E-state index contributed by atoms with van der Waals surface area (Å²) in [6.45, 7) is 6.39. The van der Waals surface area contributed by atoms with Gasteiger partial charge in [-0.1, -0.05) is 51.3 Å². The van der Waals surface area contributed by atoms with E-state index in [2.05, 4.69) is 29.5 Å². The highest BCUT2D eigenvalue weighted by molar-refractivity contribution is 6.01. The average Bonchev–Trinajstić information content (AvgIpc) is 3.26. The van der Waals surface area contributed by atoms with Crippen molar-refractivity contribution in [2.24, 2.45) is 23.2 Å². The molecule has 2 aromatic rings. The van der Waals surface area contributed by atoms with Crippen LogP contribution in [0.4, 0.5) is 0 Å². The number of nitrogens with zero attached hydrogens (tertiary/aromatic N) is 1. The lowest BCUT2D eigenvalue weighted by atomic mass is 9.83. The van der Waals surface area contributed by atoms with Crippen molar-refractivity contribution in [2.75, 3.05) is 6.54 Å². The van der Waals surface area contributed by atoms with Gasteiger partial charge >= 0.3 is 0 Å². The predicted octanol–water partition coefficient (Wildman–Crippen LogP) is 3.03. The highest BCUT2D eigenvalue weighted by Gasteiger charge is 2.69. The Labute approximate surface area is 211 Å². The Morgan fingerprint density at radius 1 is 1.11 bits per heavy atom. The van der Waals surface area contributed by atoms with Crippen LogP contribution in [0.3, 0.4) is 0 Å².